The van der Waals surface area contributed by atoms with Crippen LogP contribution in [-0.2, 0) is 21.4 Å². The zero-order valence-electron chi connectivity index (χ0n) is 20.9. The minimum Gasteiger partial charge on any atom is -0.338 e. The molecule has 1 aromatic carbocycles. The van der Waals surface area contributed by atoms with Crippen LogP contribution in [0.2, 0.25) is 0 Å². The highest BCUT2D eigenvalue weighted by molar-refractivity contribution is 7.89. The molecule has 0 spiro atoms. The van der Waals surface area contributed by atoms with Crippen molar-refractivity contribution in [1.82, 2.24) is 14.1 Å². The molecule has 1 aromatic heterocycles. The molecule has 1 saturated heterocycles. The van der Waals surface area contributed by atoms with Gasteiger partial charge in [0, 0.05) is 32.2 Å². The molecule has 0 aliphatic carbocycles. The smallest absolute Gasteiger partial charge is 0.263 e. The number of rotatable bonds is 11. The third kappa shape index (κ3) is 7.62. The summed E-state index contributed by atoms with van der Waals surface area (Å²) < 4.78 is 27.2. The van der Waals surface area contributed by atoms with Crippen LogP contribution in [-0.4, -0.2) is 72.3 Å². The molecule has 1 aliphatic heterocycles. The maximum atomic E-state index is 13.6. The summed E-state index contributed by atoms with van der Waals surface area (Å²) in [5, 5.41) is 1.90. The Morgan fingerprint density at radius 2 is 1.77 bits per heavy atom. The zero-order chi connectivity index (χ0) is 25.4. The second-order valence-corrected chi connectivity index (χ2v) is 12.5. The van der Waals surface area contributed by atoms with Crippen LogP contribution in [0.5, 0.6) is 0 Å². The number of thiophene rings is 1. The molecule has 35 heavy (non-hydrogen) atoms. The summed E-state index contributed by atoms with van der Waals surface area (Å²) >= 11 is 1.44. The summed E-state index contributed by atoms with van der Waals surface area (Å²) in [6.07, 6.45) is 1.85. The molecule has 7 nitrogen and oxygen atoms in total. The summed E-state index contributed by atoms with van der Waals surface area (Å²) in [6.45, 7) is 7.49. The molecule has 0 atom stereocenters. The Kier molecular flexibility index (Phi) is 9.89. The quantitative estimate of drug-likeness (QED) is 0.448. The lowest BCUT2D eigenvalue weighted by Gasteiger charge is -2.39. The first-order valence-corrected chi connectivity index (χ1v) is 14.8. The van der Waals surface area contributed by atoms with Crippen LogP contribution in [0.4, 0.5) is 0 Å². The average molecular weight is 520 g/mol. The first kappa shape index (κ1) is 27.4. The Labute approximate surface area is 213 Å². The molecule has 0 saturated carbocycles. The normalized spacial score (nSPS) is 15.1. The third-order valence-corrected chi connectivity index (χ3v) is 9.02. The Morgan fingerprint density at radius 3 is 2.34 bits per heavy atom. The molecular weight excluding hydrogens is 482 g/mol. The Bertz CT molecular complexity index is 1050. The zero-order valence-corrected chi connectivity index (χ0v) is 22.6. The van der Waals surface area contributed by atoms with Crippen LogP contribution in [0.15, 0.2) is 47.8 Å². The standard InChI is InChI=1S/C26H37N3O4S2/c1-4-17-35(32,33)28(18-21(2)3)20-25(30)29(19-22-9-6-5-7-10-22)23-12-14-27(15-13-23)26(31)24-11-8-16-34-24/h5-11,16,21,23H,4,12-15,17-20H2,1-3H3. The number of nitrogens with zero attached hydrogens (tertiary/aromatic N) is 3. The predicted octanol–water partition coefficient (Wildman–Crippen LogP) is 4.08. The number of likely N-dealkylation sites (tertiary alicyclic amines) is 1. The number of amides is 2. The van der Waals surface area contributed by atoms with Crippen LogP contribution in [0.25, 0.3) is 0 Å². The van der Waals surface area contributed by atoms with E-state index in [1.54, 1.807) is 0 Å². The van der Waals surface area contributed by atoms with E-state index in [0.29, 0.717) is 45.4 Å². The predicted molar refractivity (Wildman–Crippen MR) is 141 cm³/mol. The second-order valence-electron chi connectivity index (χ2n) is 9.51. The van der Waals surface area contributed by atoms with Crippen molar-refractivity contribution in [2.24, 2.45) is 5.92 Å². The van der Waals surface area contributed by atoms with Gasteiger partial charge in [-0.2, -0.15) is 4.31 Å². The number of hydrogen-bond acceptors (Lipinski definition) is 5. The minimum absolute atomic E-state index is 0.0353. The fourth-order valence-electron chi connectivity index (χ4n) is 4.45. The fraction of sp³-hybridized carbons (Fsp3) is 0.538. The average Bonchev–Trinajstić information content (AvgIpc) is 3.37. The van der Waals surface area contributed by atoms with Gasteiger partial charge in [0.05, 0.1) is 17.2 Å². The monoisotopic (exact) mass is 519 g/mol. The van der Waals surface area contributed by atoms with Gasteiger partial charge in [-0.05, 0) is 42.2 Å². The van der Waals surface area contributed by atoms with Crippen molar-refractivity contribution >= 4 is 33.2 Å². The van der Waals surface area contributed by atoms with E-state index in [1.165, 1.54) is 15.6 Å². The Hall–Kier alpha value is -2.23. The van der Waals surface area contributed by atoms with Crippen LogP contribution in [0.3, 0.4) is 0 Å². The summed E-state index contributed by atoms with van der Waals surface area (Å²) in [5.41, 5.74) is 1.00. The van der Waals surface area contributed by atoms with Crippen LogP contribution in [0.1, 0.15) is 55.3 Å². The molecule has 2 aromatic rings. The van der Waals surface area contributed by atoms with Crippen molar-refractivity contribution in [1.29, 1.82) is 0 Å². The van der Waals surface area contributed by atoms with E-state index >= 15 is 0 Å². The molecule has 0 unspecified atom stereocenters. The summed E-state index contributed by atoms with van der Waals surface area (Å²) in [7, 11) is -3.51. The van der Waals surface area contributed by atoms with Gasteiger partial charge in [-0.3, -0.25) is 9.59 Å². The van der Waals surface area contributed by atoms with Crippen molar-refractivity contribution < 1.29 is 18.0 Å². The second kappa shape index (κ2) is 12.6. The van der Waals surface area contributed by atoms with Crippen molar-refractivity contribution in [2.45, 2.75) is 52.6 Å². The van der Waals surface area contributed by atoms with E-state index in [1.807, 2.05) is 78.4 Å². The lowest BCUT2D eigenvalue weighted by atomic mass is 10.0. The van der Waals surface area contributed by atoms with Gasteiger partial charge in [-0.15, -0.1) is 11.3 Å². The van der Waals surface area contributed by atoms with Crippen molar-refractivity contribution in [3.63, 3.8) is 0 Å². The van der Waals surface area contributed by atoms with Gasteiger partial charge in [-0.25, -0.2) is 8.42 Å². The van der Waals surface area contributed by atoms with Crippen molar-refractivity contribution in [3.8, 4) is 0 Å². The molecule has 2 amide bonds. The van der Waals surface area contributed by atoms with E-state index in [9.17, 15) is 18.0 Å². The third-order valence-electron chi connectivity index (χ3n) is 6.18. The van der Waals surface area contributed by atoms with E-state index in [2.05, 4.69) is 0 Å². The number of hydrogen-bond donors (Lipinski definition) is 0. The molecule has 3 rings (SSSR count). The molecule has 1 fully saturated rings. The van der Waals surface area contributed by atoms with Gasteiger partial charge in [0.2, 0.25) is 15.9 Å². The van der Waals surface area contributed by atoms with E-state index < -0.39 is 10.0 Å². The van der Waals surface area contributed by atoms with E-state index in [-0.39, 0.29) is 36.1 Å². The van der Waals surface area contributed by atoms with Gasteiger partial charge in [0.1, 0.15) is 0 Å². The molecule has 2 heterocycles. The number of carbonyl (C=O) groups is 2. The Morgan fingerprint density at radius 1 is 1.09 bits per heavy atom. The Balaban J connectivity index is 1.76. The van der Waals surface area contributed by atoms with E-state index in [0.717, 1.165) is 10.4 Å². The lowest BCUT2D eigenvalue weighted by Crippen LogP contribution is -2.51. The molecular formula is C26H37N3O4S2. The van der Waals surface area contributed by atoms with Gasteiger partial charge < -0.3 is 9.80 Å². The lowest BCUT2D eigenvalue weighted by molar-refractivity contribution is -0.135. The van der Waals surface area contributed by atoms with Gasteiger partial charge >= 0.3 is 0 Å². The number of benzene rings is 1. The topological polar surface area (TPSA) is 78.0 Å². The fourth-order valence-corrected chi connectivity index (χ4v) is 6.75. The van der Waals surface area contributed by atoms with Crippen LogP contribution < -0.4 is 0 Å². The largest absolute Gasteiger partial charge is 0.338 e. The minimum atomic E-state index is -3.51. The number of piperidine rings is 1. The first-order chi connectivity index (χ1) is 16.7. The van der Waals surface area contributed by atoms with Crippen molar-refractivity contribution in [2.75, 3.05) is 31.9 Å². The molecule has 0 N–H and O–H groups in total. The molecule has 0 bridgehead atoms. The maximum Gasteiger partial charge on any atom is 0.263 e. The SMILES string of the molecule is CCCS(=O)(=O)N(CC(=O)N(Cc1ccccc1)C1CCN(C(=O)c2cccs2)CC1)CC(C)C. The van der Waals surface area contributed by atoms with Crippen molar-refractivity contribution in [3.05, 3.63) is 58.3 Å². The summed E-state index contributed by atoms with van der Waals surface area (Å²) in [6, 6.07) is 13.4. The highest BCUT2D eigenvalue weighted by Gasteiger charge is 2.33. The maximum absolute atomic E-state index is 13.6. The van der Waals surface area contributed by atoms with Gasteiger partial charge in [0.25, 0.3) is 5.91 Å². The van der Waals surface area contributed by atoms with Gasteiger partial charge in [0.15, 0.2) is 0 Å². The van der Waals surface area contributed by atoms with Crippen LogP contribution >= 0.6 is 11.3 Å². The van der Waals surface area contributed by atoms with Gasteiger partial charge in [-0.1, -0.05) is 57.2 Å². The number of carbonyl (C=O) groups excluding carboxylic acids is 2. The van der Waals surface area contributed by atoms with Crippen LogP contribution in [0, 0.1) is 5.92 Å². The molecule has 1 aliphatic rings. The highest BCUT2D eigenvalue weighted by atomic mass is 32.2. The molecule has 9 heteroatoms. The molecule has 192 valence electrons. The first-order valence-electron chi connectivity index (χ1n) is 12.3. The molecule has 0 radical (unpaired) electrons. The number of sulfonamides is 1. The summed E-state index contributed by atoms with van der Waals surface area (Å²) in [5.74, 6) is 0.00316. The highest BCUT2D eigenvalue weighted by Crippen LogP contribution is 2.23. The summed E-state index contributed by atoms with van der Waals surface area (Å²) in [4.78, 5) is 30.8. The van der Waals surface area contributed by atoms with E-state index in [4.69, 9.17) is 0 Å².